The van der Waals surface area contributed by atoms with Gasteiger partial charge in [0.05, 0.1) is 12.7 Å². The van der Waals surface area contributed by atoms with Crippen molar-refractivity contribution in [3.05, 3.63) is 46.8 Å². The topological polar surface area (TPSA) is 79.0 Å². The third-order valence-corrected chi connectivity index (χ3v) is 5.02. The number of nitrogens with zero attached hydrogens (tertiary/aromatic N) is 1. The summed E-state index contributed by atoms with van der Waals surface area (Å²) in [5.74, 6) is -0.170. The van der Waals surface area contributed by atoms with Crippen LogP contribution in [-0.4, -0.2) is 28.8 Å². The molecule has 2 aliphatic rings. The highest BCUT2D eigenvalue weighted by Gasteiger charge is 2.21. The molecule has 2 heterocycles. The number of carbonyl (C=O) groups excluding carboxylic acids is 1. The van der Waals surface area contributed by atoms with Crippen molar-refractivity contribution in [3.63, 3.8) is 0 Å². The summed E-state index contributed by atoms with van der Waals surface area (Å²) in [4.78, 5) is 12.5. The summed E-state index contributed by atoms with van der Waals surface area (Å²) in [5.41, 5.74) is 4.42. The van der Waals surface area contributed by atoms with Crippen molar-refractivity contribution in [2.24, 2.45) is 0 Å². The summed E-state index contributed by atoms with van der Waals surface area (Å²) in [6.45, 7) is 2.24. The number of aromatic amines is 1. The van der Waals surface area contributed by atoms with Crippen molar-refractivity contribution < 1.29 is 9.53 Å². The molecule has 0 saturated heterocycles. The van der Waals surface area contributed by atoms with Crippen LogP contribution in [-0.2, 0) is 24.3 Å². The van der Waals surface area contributed by atoms with Crippen LogP contribution in [0.1, 0.15) is 53.0 Å². The zero-order valence-corrected chi connectivity index (χ0v) is 14.3. The molecule has 132 valence electrons. The summed E-state index contributed by atoms with van der Waals surface area (Å²) in [7, 11) is 0. The van der Waals surface area contributed by atoms with Crippen LogP contribution in [0.4, 0.5) is 5.69 Å². The lowest BCUT2D eigenvalue weighted by Crippen LogP contribution is -2.25. The van der Waals surface area contributed by atoms with Gasteiger partial charge in [-0.05, 0) is 30.5 Å². The van der Waals surface area contributed by atoms with Gasteiger partial charge >= 0.3 is 0 Å². The monoisotopic (exact) mass is 340 g/mol. The Morgan fingerprint density at radius 3 is 2.84 bits per heavy atom. The number of aromatic nitrogens is 2. The van der Waals surface area contributed by atoms with Crippen molar-refractivity contribution in [2.75, 3.05) is 11.9 Å². The molecule has 4 rings (SSSR count). The standard InChI is InChI=1S/C19H24N4O2/c24-19(18-16-11-20-10-9-17(16)22-23-18)21-14-7-5-13(6-8-14)12-25-15-3-1-2-4-15/h5-8,15,20H,1-4,9-12H2,(H,21,24)(H,22,23). The first-order chi connectivity index (χ1) is 12.3. The maximum Gasteiger partial charge on any atom is 0.276 e. The van der Waals surface area contributed by atoms with Gasteiger partial charge < -0.3 is 15.4 Å². The van der Waals surface area contributed by atoms with Crippen molar-refractivity contribution in [2.45, 2.75) is 51.4 Å². The van der Waals surface area contributed by atoms with E-state index in [1.165, 1.54) is 25.7 Å². The molecule has 6 nitrogen and oxygen atoms in total. The van der Waals surface area contributed by atoms with Gasteiger partial charge in [0.2, 0.25) is 0 Å². The van der Waals surface area contributed by atoms with Crippen LogP contribution in [0.2, 0.25) is 0 Å². The van der Waals surface area contributed by atoms with Crippen LogP contribution in [0.3, 0.4) is 0 Å². The largest absolute Gasteiger partial charge is 0.374 e. The van der Waals surface area contributed by atoms with Gasteiger partial charge in [-0.25, -0.2) is 0 Å². The predicted octanol–water partition coefficient (Wildman–Crippen LogP) is 2.77. The molecule has 1 amide bonds. The lowest BCUT2D eigenvalue weighted by Gasteiger charge is -2.13. The molecule has 0 radical (unpaired) electrons. The number of H-pyrrole nitrogens is 1. The minimum atomic E-state index is -0.170. The maximum atomic E-state index is 12.5. The zero-order valence-electron chi connectivity index (χ0n) is 14.3. The zero-order chi connectivity index (χ0) is 17.1. The highest BCUT2D eigenvalue weighted by Crippen LogP contribution is 2.22. The fourth-order valence-corrected chi connectivity index (χ4v) is 3.56. The van der Waals surface area contributed by atoms with Crippen LogP contribution in [0.25, 0.3) is 0 Å². The number of ether oxygens (including phenoxy) is 1. The number of anilines is 1. The number of hydrogen-bond acceptors (Lipinski definition) is 4. The van der Waals surface area contributed by atoms with E-state index in [-0.39, 0.29) is 5.91 Å². The second-order valence-corrected chi connectivity index (χ2v) is 6.82. The third kappa shape index (κ3) is 3.75. The van der Waals surface area contributed by atoms with E-state index < -0.39 is 0 Å². The Morgan fingerprint density at radius 2 is 2.04 bits per heavy atom. The SMILES string of the molecule is O=C(Nc1ccc(COC2CCCC2)cc1)c1n[nH]c2c1CNCC2. The van der Waals surface area contributed by atoms with Crippen LogP contribution in [0, 0.1) is 0 Å². The molecule has 0 spiro atoms. The van der Waals surface area contributed by atoms with E-state index in [2.05, 4.69) is 20.8 Å². The summed E-state index contributed by atoms with van der Waals surface area (Å²) in [5, 5.41) is 13.4. The molecule has 1 saturated carbocycles. The highest BCUT2D eigenvalue weighted by atomic mass is 16.5. The van der Waals surface area contributed by atoms with E-state index in [0.29, 0.717) is 24.9 Å². The first-order valence-electron chi connectivity index (χ1n) is 9.08. The van der Waals surface area contributed by atoms with E-state index in [1.54, 1.807) is 0 Å². The number of rotatable bonds is 5. The molecule has 1 aromatic carbocycles. The number of hydrogen-bond donors (Lipinski definition) is 3. The smallest absolute Gasteiger partial charge is 0.276 e. The molecule has 0 atom stereocenters. The fourth-order valence-electron chi connectivity index (χ4n) is 3.56. The van der Waals surface area contributed by atoms with Crippen molar-refractivity contribution in [1.82, 2.24) is 15.5 Å². The van der Waals surface area contributed by atoms with E-state index in [0.717, 1.165) is 35.5 Å². The Morgan fingerprint density at radius 1 is 1.24 bits per heavy atom. The normalized spacial score (nSPS) is 17.4. The molecular weight excluding hydrogens is 316 g/mol. The molecular formula is C19H24N4O2. The van der Waals surface area contributed by atoms with Crippen LogP contribution >= 0.6 is 0 Å². The summed E-state index contributed by atoms with van der Waals surface area (Å²) in [6.07, 6.45) is 6.21. The van der Waals surface area contributed by atoms with Crippen LogP contribution in [0.5, 0.6) is 0 Å². The molecule has 6 heteroatoms. The van der Waals surface area contributed by atoms with E-state index in [1.807, 2.05) is 24.3 Å². The summed E-state index contributed by atoms with van der Waals surface area (Å²) in [6, 6.07) is 7.85. The minimum absolute atomic E-state index is 0.170. The number of amides is 1. The van der Waals surface area contributed by atoms with Gasteiger partial charge in [0, 0.05) is 36.5 Å². The van der Waals surface area contributed by atoms with Gasteiger partial charge in [-0.3, -0.25) is 9.89 Å². The Kier molecular flexibility index (Phi) is 4.81. The molecule has 0 unspecified atom stereocenters. The maximum absolute atomic E-state index is 12.5. The summed E-state index contributed by atoms with van der Waals surface area (Å²) < 4.78 is 5.92. The number of nitrogens with one attached hydrogen (secondary N) is 3. The Bertz CT molecular complexity index is 732. The molecule has 3 N–H and O–H groups in total. The first kappa shape index (κ1) is 16.3. The first-order valence-corrected chi connectivity index (χ1v) is 9.08. The van der Waals surface area contributed by atoms with Crippen molar-refractivity contribution in [1.29, 1.82) is 0 Å². The molecule has 0 bridgehead atoms. The second-order valence-electron chi connectivity index (χ2n) is 6.82. The van der Waals surface area contributed by atoms with Crippen molar-refractivity contribution >= 4 is 11.6 Å². The van der Waals surface area contributed by atoms with Gasteiger partial charge in [-0.15, -0.1) is 0 Å². The predicted molar refractivity (Wildman–Crippen MR) is 95.4 cm³/mol. The van der Waals surface area contributed by atoms with E-state index >= 15 is 0 Å². The Labute approximate surface area is 147 Å². The molecule has 25 heavy (non-hydrogen) atoms. The van der Waals surface area contributed by atoms with Gasteiger partial charge in [-0.2, -0.15) is 5.10 Å². The fraction of sp³-hybridized carbons (Fsp3) is 0.474. The van der Waals surface area contributed by atoms with Crippen molar-refractivity contribution in [3.8, 4) is 0 Å². The Hall–Kier alpha value is -2.18. The quantitative estimate of drug-likeness (QED) is 0.782. The van der Waals surface area contributed by atoms with Gasteiger partial charge in [0.15, 0.2) is 5.69 Å². The molecule has 1 aliphatic carbocycles. The second kappa shape index (κ2) is 7.37. The number of carbonyl (C=O) groups is 1. The number of fused-ring (bicyclic) bond motifs is 1. The number of benzene rings is 1. The highest BCUT2D eigenvalue weighted by molar-refractivity contribution is 6.04. The van der Waals surface area contributed by atoms with Gasteiger partial charge in [0.25, 0.3) is 5.91 Å². The average molecular weight is 340 g/mol. The van der Waals surface area contributed by atoms with Gasteiger partial charge in [0.1, 0.15) is 0 Å². The van der Waals surface area contributed by atoms with E-state index in [9.17, 15) is 4.79 Å². The minimum Gasteiger partial charge on any atom is -0.374 e. The third-order valence-electron chi connectivity index (χ3n) is 5.02. The van der Waals surface area contributed by atoms with Gasteiger partial charge in [-0.1, -0.05) is 25.0 Å². The van der Waals surface area contributed by atoms with Crippen LogP contribution < -0.4 is 10.6 Å². The molecule has 1 aromatic heterocycles. The average Bonchev–Trinajstić information content (AvgIpc) is 3.31. The molecule has 1 fully saturated rings. The lowest BCUT2D eigenvalue weighted by atomic mass is 10.1. The molecule has 2 aromatic rings. The lowest BCUT2D eigenvalue weighted by molar-refractivity contribution is 0.0457. The van der Waals surface area contributed by atoms with E-state index in [4.69, 9.17) is 4.74 Å². The Balaban J connectivity index is 1.36. The molecule has 1 aliphatic heterocycles. The summed E-state index contributed by atoms with van der Waals surface area (Å²) >= 11 is 0. The van der Waals surface area contributed by atoms with Crippen LogP contribution in [0.15, 0.2) is 24.3 Å².